The Morgan fingerprint density at radius 2 is 1.92 bits per heavy atom. The molecule has 3 rings (SSSR count). The molecular weight excluding hydrogens is 304 g/mol. The van der Waals surface area contributed by atoms with Crippen molar-refractivity contribution in [1.29, 1.82) is 0 Å². The first-order valence-corrected chi connectivity index (χ1v) is 8.18. The third-order valence-electron chi connectivity index (χ3n) is 3.94. The lowest BCUT2D eigenvalue weighted by Gasteiger charge is -2.12. The van der Waals surface area contributed by atoms with Crippen LogP contribution in [0.3, 0.4) is 0 Å². The molecule has 1 saturated heterocycles. The second-order valence-electron chi connectivity index (χ2n) is 5.94. The van der Waals surface area contributed by atoms with Gasteiger partial charge in [-0.1, -0.05) is 12.1 Å². The molecule has 1 atom stereocenters. The second-order valence-corrected chi connectivity index (χ2v) is 5.94. The highest BCUT2D eigenvalue weighted by molar-refractivity contribution is 5.92. The minimum Gasteiger partial charge on any atom is -0.491 e. The van der Waals surface area contributed by atoms with Crippen molar-refractivity contribution in [3.8, 4) is 5.75 Å². The van der Waals surface area contributed by atoms with Gasteiger partial charge in [-0.3, -0.25) is 4.79 Å². The van der Waals surface area contributed by atoms with Gasteiger partial charge in [0.05, 0.1) is 12.5 Å². The topological polar surface area (TPSA) is 73.6 Å². The fraction of sp³-hybridized carbons (Fsp3) is 0.316. The van der Waals surface area contributed by atoms with Gasteiger partial charge in [0.2, 0.25) is 5.91 Å². The van der Waals surface area contributed by atoms with E-state index < -0.39 is 0 Å². The van der Waals surface area contributed by atoms with Gasteiger partial charge in [-0.25, -0.2) is 0 Å². The summed E-state index contributed by atoms with van der Waals surface area (Å²) in [6, 6.07) is 14.7. The summed E-state index contributed by atoms with van der Waals surface area (Å²) in [6.45, 7) is 1.40. The van der Waals surface area contributed by atoms with E-state index in [-0.39, 0.29) is 12.0 Å². The molecule has 126 valence electrons. The van der Waals surface area contributed by atoms with Crippen LogP contribution in [0, 0.1) is 0 Å². The second kappa shape index (κ2) is 7.84. The van der Waals surface area contributed by atoms with Gasteiger partial charge in [0.25, 0.3) is 0 Å². The Bertz CT molecular complexity index is 662. The van der Waals surface area contributed by atoms with Crippen LogP contribution < -0.4 is 15.8 Å². The summed E-state index contributed by atoms with van der Waals surface area (Å²) >= 11 is 0. The standard InChI is InChI=1S/C19H22N2O3/c20-15-5-3-14(4-6-15)12-19(22)21-16-7-9-17(10-8-16)24-13-18-2-1-11-23-18/h3-10,18H,1-2,11-13,20H2,(H,21,22). The predicted molar refractivity (Wildman–Crippen MR) is 94.1 cm³/mol. The lowest BCUT2D eigenvalue weighted by molar-refractivity contribution is -0.115. The SMILES string of the molecule is Nc1ccc(CC(=O)Nc2ccc(OCC3CCCO3)cc2)cc1. The molecule has 0 aliphatic carbocycles. The van der Waals surface area contributed by atoms with Crippen LogP contribution in [-0.4, -0.2) is 25.2 Å². The fourth-order valence-electron chi connectivity index (χ4n) is 2.63. The maximum absolute atomic E-state index is 12.1. The van der Waals surface area contributed by atoms with Gasteiger partial charge in [-0.2, -0.15) is 0 Å². The molecule has 1 aliphatic heterocycles. The molecule has 0 bridgehead atoms. The number of carbonyl (C=O) groups is 1. The van der Waals surface area contributed by atoms with Crippen LogP contribution >= 0.6 is 0 Å². The summed E-state index contributed by atoms with van der Waals surface area (Å²) in [6.07, 6.45) is 2.67. The molecule has 2 aromatic rings. The molecule has 1 unspecified atom stereocenters. The van der Waals surface area contributed by atoms with E-state index in [0.717, 1.165) is 36.4 Å². The molecule has 1 amide bonds. The molecule has 1 heterocycles. The number of nitrogens with one attached hydrogen (secondary N) is 1. The van der Waals surface area contributed by atoms with Crippen molar-refractivity contribution in [2.45, 2.75) is 25.4 Å². The summed E-state index contributed by atoms with van der Waals surface area (Å²) in [5.74, 6) is 0.717. The summed E-state index contributed by atoms with van der Waals surface area (Å²) in [7, 11) is 0. The van der Waals surface area contributed by atoms with E-state index >= 15 is 0 Å². The molecule has 5 heteroatoms. The highest BCUT2D eigenvalue weighted by Gasteiger charge is 2.15. The Labute approximate surface area is 141 Å². The van der Waals surface area contributed by atoms with Crippen LogP contribution in [0.25, 0.3) is 0 Å². The third-order valence-corrected chi connectivity index (χ3v) is 3.94. The zero-order valence-corrected chi connectivity index (χ0v) is 13.5. The Morgan fingerprint density at radius 3 is 2.58 bits per heavy atom. The van der Waals surface area contributed by atoms with Crippen LogP contribution in [0.5, 0.6) is 5.75 Å². The van der Waals surface area contributed by atoms with Crippen molar-refractivity contribution in [3.05, 3.63) is 54.1 Å². The first-order chi connectivity index (χ1) is 11.7. The molecule has 0 spiro atoms. The Hall–Kier alpha value is -2.53. The number of benzene rings is 2. The largest absolute Gasteiger partial charge is 0.491 e. The number of nitrogen functional groups attached to an aromatic ring is 1. The molecule has 0 aromatic heterocycles. The summed E-state index contributed by atoms with van der Waals surface area (Å²) in [5, 5.41) is 2.88. The van der Waals surface area contributed by atoms with E-state index in [0.29, 0.717) is 18.7 Å². The van der Waals surface area contributed by atoms with E-state index in [9.17, 15) is 4.79 Å². The molecule has 1 aliphatic rings. The zero-order chi connectivity index (χ0) is 16.8. The molecule has 0 saturated carbocycles. The van der Waals surface area contributed by atoms with Gasteiger partial charge in [0, 0.05) is 18.0 Å². The Balaban J connectivity index is 1.47. The number of hydrogen-bond acceptors (Lipinski definition) is 4. The molecule has 24 heavy (non-hydrogen) atoms. The van der Waals surface area contributed by atoms with Gasteiger partial charge in [-0.15, -0.1) is 0 Å². The van der Waals surface area contributed by atoms with Crippen LogP contribution in [0.15, 0.2) is 48.5 Å². The van der Waals surface area contributed by atoms with Crippen LogP contribution in [-0.2, 0) is 16.0 Å². The maximum atomic E-state index is 12.1. The molecular formula is C19H22N2O3. The number of ether oxygens (including phenoxy) is 2. The van der Waals surface area contributed by atoms with Crippen molar-refractivity contribution in [3.63, 3.8) is 0 Å². The van der Waals surface area contributed by atoms with Gasteiger partial charge in [-0.05, 0) is 54.8 Å². The summed E-state index contributed by atoms with van der Waals surface area (Å²) in [4.78, 5) is 12.1. The number of nitrogens with two attached hydrogens (primary N) is 1. The lowest BCUT2D eigenvalue weighted by atomic mass is 10.1. The van der Waals surface area contributed by atoms with E-state index in [2.05, 4.69) is 5.32 Å². The highest BCUT2D eigenvalue weighted by atomic mass is 16.5. The highest BCUT2D eigenvalue weighted by Crippen LogP contribution is 2.18. The normalized spacial score (nSPS) is 16.8. The van der Waals surface area contributed by atoms with Crippen molar-refractivity contribution < 1.29 is 14.3 Å². The van der Waals surface area contributed by atoms with Gasteiger partial charge in [0.1, 0.15) is 12.4 Å². The van der Waals surface area contributed by atoms with E-state index in [1.807, 2.05) is 36.4 Å². The number of rotatable bonds is 6. The molecule has 2 aromatic carbocycles. The first-order valence-electron chi connectivity index (χ1n) is 8.18. The molecule has 5 nitrogen and oxygen atoms in total. The predicted octanol–water partition coefficient (Wildman–Crippen LogP) is 3.01. The van der Waals surface area contributed by atoms with Crippen molar-refractivity contribution in [2.24, 2.45) is 0 Å². The third kappa shape index (κ3) is 4.73. The number of hydrogen-bond donors (Lipinski definition) is 2. The quantitative estimate of drug-likeness (QED) is 0.800. The van der Waals surface area contributed by atoms with E-state index in [4.69, 9.17) is 15.2 Å². The lowest BCUT2D eigenvalue weighted by Crippen LogP contribution is -2.16. The van der Waals surface area contributed by atoms with Crippen LogP contribution in [0.4, 0.5) is 11.4 Å². The maximum Gasteiger partial charge on any atom is 0.228 e. The van der Waals surface area contributed by atoms with E-state index in [1.165, 1.54) is 0 Å². The average Bonchev–Trinajstić information content (AvgIpc) is 3.10. The Kier molecular flexibility index (Phi) is 5.33. The van der Waals surface area contributed by atoms with Gasteiger partial charge < -0.3 is 20.5 Å². The van der Waals surface area contributed by atoms with Crippen LogP contribution in [0.2, 0.25) is 0 Å². The van der Waals surface area contributed by atoms with Crippen molar-refractivity contribution in [2.75, 3.05) is 24.3 Å². The number of anilines is 2. The van der Waals surface area contributed by atoms with Crippen LogP contribution in [0.1, 0.15) is 18.4 Å². The van der Waals surface area contributed by atoms with Gasteiger partial charge >= 0.3 is 0 Å². The minimum atomic E-state index is -0.0622. The minimum absolute atomic E-state index is 0.0622. The average molecular weight is 326 g/mol. The zero-order valence-electron chi connectivity index (χ0n) is 13.5. The number of carbonyl (C=O) groups excluding carboxylic acids is 1. The monoisotopic (exact) mass is 326 g/mol. The van der Waals surface area contributed by atoms with E-state index in [1.54, 1.807) is 12.1 Å². The Morgan fingerprint density at radius 1 is 1.17 bits per heavy atom. The fourth-order valence-corrected chi connectivity index (χ4v) is 2.63. The molecule has 3 N–H and O–H groups in total. The summed E-state index contributed by atoms with van der Waals surface area (Å²) in [5.41, 5.74) is 8.01. The smallest absolute Gasteiger partial charge is 0.228 e. The van der Waals surface area contributed by atoms with Crippen molar-refractivity contribution >= 4 is 17.3 Å². The van der Waals surface area contributed by atoms with Gasteiger partial charge in [0.15, 0.2) is 0 Å². The molecule has 0 radical (unpaired) electrons. The van der Waals surface area contributed by atoms with Crippen molar-refractivity contribution in [1.82, 2.24) is 0 Å². The number of amides is 1. The summed E-state index contributed by atoms with van der Waals surface area (Å²) < 4.78 is 11.2. The molecule has 1 fully saturated rings. The first kappa shape index (κ1) is 16.3.